The summed E-state index contributed by atoms with van der Waals surface area (Å²) in [5.41, 5.74) is -0.442. The molecule has 12 heavy (non-hydrogen) atoms. The minimum absolute atomic E-state index is 0. The summed E-state index contributed by atoms with van der Waals surface area (Å²) < 4.78 is 36.3. The highest BCUT2D eigenvalue weighted by molar-refractivity contribution is 5.85. The quantitative estimate of drug-likeness (QED) is 0.626. The van der Waals surface area contributed by atoms with Crippen molar-refractivity contribution in [1.29, 1.82) is 0 Å². The lowest BCUT2D eigenvalue weighted by Gasteiger charge is -2.05. The SMILES string of the molecule is Cc1c(F)cccc1N(F)F.Cl. The Morgan fingerprint density at radius 2 is 1.83 bits per heavy atom. The van der Waals surface area contributed by atoms with Gasteiger partial charge in [0.1, 0.15) is 11.5 Å². The van der Waals surface area contributed by atoms with Crippen LogP contribution in [0.5, 0.6) is 0 Å². The molecule has 1 aromatic carbocycles. The highest BCUT2D eigenvalue weighted by Crippen LogP contribution is 2.22. The van der Waals surface area contributed by atoms with E-state index in [2.05, 4.69) is 0 Å². The van der Waals surface area contributed by atoms with E-state index in [1.54, 1.807) is 0 Å². The number of nitrogens with zero attached hydrogens (tertiary/aromatic N) is 1. The molecule has 0 atom stereocenters. The fourth-order valence-corrected chi connectivity index (χ4v) is 0.779. The van der Waals surface area contributed by atoms with Crippen molar-refractivity contribution in [2.24, 2.45) is 0 Å². The first-order chi connectivity index (χ1) is 5.13. The standard InChI is InChI=1S/C7H6F3N.ClH/c1-5-6(8)3-2-4-7(5)11(9)10;/h2-4H,1H3;1H. The second-order valence-electron chi connectivity index (χ2n) is 2.12. The van der Waals surface area contributed by atoms with Gasteiger partial charge in [-0.25, -0.2) is 4.39 Å². The van der Waals surface area contributed by atoms with Gasteiger partial charge >= 0.3 is 0 Å². The molecular weight excluding hydrogens is 191 g/mol. The van der Waals surface area contributed by atoms with E-state index in [1.165, 1.54) is 13.0 Å². The summed E-state index contributed by atoms with van der Waals surface area (Å²) in [7, 11) is 0. The van der Waals surface area contributed by atoms with Crippen LogP contribution < -0.4 is 5.34 Å². The van der Waals surface area contributed by atoms with Gasteiger partial charge in [-0.3, -0.25) is 0 Å². The highest BCUT2D eigenvalue weighted by atomic mass is 35.5. The second kappa shape index (κ2) is 4.21. The topological polar surface area (TPSA) is 3.24 Å². The molecule has 0 aliphatic heterocycles. The highest BCUT2D eigenvalue weighted by Gasteiger charge is 2.09. The first-order valence-electron chi connectivity index (χ1n) is 2.99. The molecule has 0 heterocycles. The third kappa shape index (κ3) is 2.04. The van der Waals surface area contributed by atoms with Crippen molar-refractivity contribution in [3.63, 3.8) is 0 Å². The average molecular weight is 198 g/mol. The molecule has 0 unspecified atom stereocenters. The summed E-state index contributed by atoms with van der Waals surface area (Å²) in [5.74, 6) is -0.622. The maximum absolute atomic E-state index is 12.6. The predicted molar refractivity (Wildman–Crippen MR) is 43.1 cm³/mol. The van der Waals surface area contributed by atoms with E-state index in [1.807, 2.05) is 0 Å². The molecule has 0 spiro atoms. The number of hydrogen-bond acceptors (Lipinski definition) is 1. The molecular formula is C7H7ClF3N. The minimum Gasteiger partial charge on any atom is -0.207 e. The molecule has 0 aliphatic rings. The van der Waals surface area contributed by atoms with E-state index in [-0.39, 0.29) is 18.0 Å². The molecule has 0 radical (unpaired) electrons. The third-order valence-electron chi connectivity index (χ3n) is 1.42. The van der Waals surface area contributed by atoms with Crippen molar-refractivity contribution >= 4 is 18.1 Å². The Labute approximate surface area is 74.1 Å². The van der Waals surface area contributed by atoms with Crippen LogP contribution in [-0.2, 0) is 0 Å². The van der Waals surface area contributed by atoms with Crippen LogP contribution in [0.15, 0.2) is 18.2 Å². The first kappa shape index (κ1) is 11.1. The average Bonchev–Trinajstić information content (AvgIpc) is 1.94. The van der Waals surface area contributed by atoms with E-state index in [0.29, 0.717) is 0 Å². The molecule has 1 nitrogen and oxygen atoms in total. The number of hydrogen-bond donors (Lipinski definition) is 0. The van der Waals surface area contributed by atoms with E-state index in [0.717, 1.165) is 12.1 Å². The summed E-state index contributed by atoms with van der Waals surface area (Å²) in [6.45, 7) is 1.30. The summed E-state index contributed by atoms with van der Waals surface area (Å²) in [6, 6.07) is 3.53. The van der Waals surface area contributed by atoms with Gasteiger partial charge in [-0.15, -0.1) is 12.4 Å². The molecule has 0 aliphatic carbocycles. The molecule has 0 saturated carbocycles. The van der Waals surface area contributed by atoms with Gasteiger partial charge in [-0.1, -0.05) is 15.0 Å². The van der Waals surface area contributed by atoms with Crippen LogP contribution in [-0.4, -0.2) is 0 Å². The Morgan fingerprint density at radius 3 is 2.25 bits per heavy atom. The zero-order valence-corrected chi connectivity index (χ0v) is 7.04. The van der Waals surface area contributed by atoms with E-state index >= 15 is 0 Å². The van der Waals surface area contributed by atoms with E-state index < -0.39 is 16.8 Å². The van der Waals surface area contributed by atoms with Crippen LogP contribution in [0, 0.1) is 12.7 Å². The Bertz CT molecular complexity index is 265. The van der Waals surface area contributed by atoms with Crippen molar-refractivity contribution < 1.29 is 13.4 Å². The van der Waals surface area contributed by atoms with Gasteiger partial charge in [-0.05, 0) is 24.4 Å². The summed E-state index contributed by atoms with van der Waals surface area (Å²) in [5, 5.41) is -1.10. The van der Waals surface area contributed by atoms with E-state index in [9.17, 15) is 13.4 Å². The fourth-order valence-electron chi connectivity index (χ4n) is 0.779. The van der Waals surface area contributed by atoms with Crippen LogP contribution in [0.4, 0.5) is 19.0 Å². The molecule has 1 aromatic rings. The summed E-state index contributed by atoms with van der Waals surface area (Å²) in [4.78, 5) is 0. The maximum atomic E-state index is 12.6. The first-order valence-corrected chi connectivity index (χ1v) is 2.99. The molecule has 0 bridgehead atoms. The minimum atomic E-state index is -1.10. The van der Waals surface area contributed by atoms with Crippen molar-refractivity contribution in [2.45, 2.75) is 6.92 Å². The van der Waals surface area contributed by atoms with Crippen molar-refractivity contribution in [3.05, 3.63) is 29.6 Å². The number of anilines is 1. The zero-order valence-electron chi connectivity index (χ0n) is 6.22. The van der Waals surface area contributed by atoms with Crippen LogP contribution in [0.2, 0.25) is 0 Å². The zero-order chi connectivity index (χ0) is 8.43. The molecule has 0 N–H and O–H groups in total. The largest absolute Gasteiger partial charge is 0.207 e. The lowest BCUT2D eigenvalue weighted by molar-refractivity contribution is 0.234. The monoisotopic (exact) mass is 197 g/mol. The van der Waals surface area contributed by atoms with Gasteiger partial charge in [-0.2, -0.15) is 0 Å². The lowest BCUT2D eigenvalue weighted by atomic mass is 10.2. The van der Waals surface area contributed by atoms with Crippen LogP contribution in [0.3, 0.4) is 0 Å². The summed E-state index contributed by atoms with van der Waals surface area (Å²) in [6.07, 6.45) is 0. The lowest BCUT2D eigenvalue weighted by Crippen LogP contribution is -1.99. The number of rotatable bonds is 1. The molecule has 0 aromatic heterocycles. The van der Waals surface area contributed by atoms with Crippen LogP contribution in [0.25, 0.3) is 0 Å². The molecule has 1 rings (SSSR count). The Hall–Kier alpha value is -0.900. The summed E-state index contributed by atoms with van der Waals surface area (Å²) >= 11 is 0. The van der Waals surface area contributed by atoms with E-state index in [4.69, 9.17) is 0 Å². The Balaban J connectivity index is 0.00000121. The molecule has 5 heteroatoms. The van der Waals surface area contributed by atoms with Crippen LogP contribution >= 0.6 is 12.4 Å². The number of halogens is 4. The van der Waals surface area contributed by atoms with Gasteiger partial charge in [0.2, 0.25) is 0 Å². The van der Waals surface area contributed by atoms with Gasteiger partial charge in [0.05, 0.1) is 0 Å². The van der Waals surface area contributed by atoms with Gasteiger partial charge in [0, 0.05) is 5.56 Å². The Kier molecular flexibility index (Phi) is 3.89. The van der Waals surface area contributed by atoms with Crippen molar-refractivity contribution in [1.82, 2.24) is 0 Å². The number of benzene rings is 1. The van der Waals surface area contributed by atoms with Crippen LogP contribution in [0.1, 0.15) is 5.56 Å². The van der Waals surface area contributed by atoms with Crippen molar-refractivity contribution in [2.75, 3.05) is 5.34 Å². The fraction of sp³-hybridized carbons (Fsp3) is 0.143. The third-order valence-corrected chi connectivity index (χ3v) is 1.42. The molecule has 0 amide bonds. The Morgan fingerprint density at radius 1 is 1.25 bits per heavy atom. The molecule has 0 saturated heterocycles. The molecule has 0 fully saturated rings. The predicted octanol–water partition coefficient (Wildman–Crippen LogP) is 3.13. The maximum Gasteiger partial charge on any atom is 0.128 e. The van der Waals surface area contributed by atoms with Gasteiger partial charge in [0.25, 0.3) is 0 Å². The molecule has 68 valence electrons. The van der Waals surface area contributed by atoms with Gasteiger partial charge < -0.3 is 0 Å². The van der Waals surface area contributed by atoms with Crippen molar-refractivity contribution in [3.8, 4) is 0 Å². The second-order valence-corrected chi connectivity index (χ2v) is 2.12. The normalized spacial score (nSPS) is 9.00. The van der Waals surface area contributed by atoms with Gasteiger partial charge in [0.15, 0.2) is 0 Å². The smallest absolute Gasteiger partial charge is 0.128 e.